The van der Waals surface area contributed by atoms with Crippen LogP contribution in [0.4, 0.5) is 24.5 Å². The summed E-state index contributed by atoms with van der Waals surface area (Å²) in [7, 11) is 0. The summed E-state index contributed by atoms with van der Waals surface area (Å²) in [5, 5.41) is 7.58. The van der Waals surface area contributed by atoms with Gasteiger partial charge in [0.1, 0.15) is 12.3 Å². The van der Waals surface area contributed by atoms with Crippen LogP contribution in [0.1, 0.15) is 44.7 Å². The fraction of sp³-hybridized carbons (Fsp3) is 0.429. The summed E-state index contributed by atoms with van der Waals surface area (Å²) < 4.78 is 47.4. The first-order chi connectivity index (χ1) is 17.4. The molecule has 2 N–H and O–H groups in total. The van der Waals surface area contributed by atoms with Crippen molar-refractivity contribution in [2.45, 2.75) is 62.7 Å². The summed E-state index contributed by atoms with van der Waals surface area (Å²) in [6.07, 6.45) is 3.42. The Hall–Kier alpha value is -2.92. The number of rotatable bonds is 8. The Morgan fingerprint density at radius 1 is 1.08 bits per heavy atom. The number of fused-ring (bicyclic) bond motifs is 1. The number of halogens is 3. The molecule has 0 aliphatic heterocycles. The van der Waals surface area contributed by atoms with Gasteiger partial charge in [0.15, 0.2) is 0 Å². The molecule has 0 saturated heterocycles. The molecule has 8 heteroatoms. The molecule has 0 unspecified atom stereocenters. The lowest BCUT2D eigenvalue weighted by molar-refractivity contribution is -0.140. The lowest BCUT2D eigenvalue weighted by Gasteiger charge is -2.24. The van der Waals surface area contributed by atoms with Gasteiger partial charge >= 0.3 is 6.18 Å². The van der Waals surface area contributed by atoms with Gasteiger partial charge in [0.25, 0.3) is 0 Å². The highest BCUT2D eigenvalue weighted by molar-refractivity contribution is 7.98. The summed E-state index contributed by atoms with van der Waals surface area (Å²) in [6, 6.07) is 13.5. The number of ether oxygens (including phenoxy) is 1. The van der Waals surface area contributed by atoms with E-state index in [-0.39, 0.29) is 6.54 Å². The molecule has 1 aliphatic rings. The van der Waals surface area contributed by atoms with E-state index in [0.29, 0.717) is 23.9 Å². The van der Waals surface area contributed by atoms with Crippen molar-refractivity contribution < 1.29 is 17.9 Å². The topological polar surface area (TPSA) is 38.2 Å². The van der Waals surface area contributed by atoms with Crippen LogP contribution in [0.3, 0.4) is 0 Å². The average molecular weight is 516 g/mol. The molecule has 1 heterocycles. The van der Waals surface area contributed by atoms with Crippen LogP contribution in [0.15, 0.2) is 47.4 Å². The van der Waals surface area contributed by atoms with Gasteiger partial charge in [-0.25, -0.2) is 0 Å². The van der Waals surface area contributed by atoms with Gasteiger partial charge in [-0.2, -0.15) is 13.2 Å². The quantitative estimate of drug-likeness (QED) is 0.240. The van der Waals surface area contributed by atoms with Gasteiger partial charge in [-0.05, 0) is 68.3 Å². The summed E-state index contributed by atoms with van der Waals surface area (Å²) >= 11 is 1.63. The predicted octanol–water partition coefficient (Wildman–Crippen LogP) is 7.53. The Morgan fingerprint density at radius 2 is 1.89 bits per heavy atom. The molecule has 1 fully saturated rings. The molecule has 1 aliphatic carbocycles. The van der Waals surface area contributed by atoms with Crippen LogP contribution < -0.4 is 15.4 Å². The molecule has 192 valence electrons. The normalized spacial score (nSPS) is 14.4. The first kappa shape index (κ1) is 26.2. The number of aromatic nitrogens is 1. The average Bonchev–Trinajstić information content (AvgIpc) is 3.20. The van der Waals surface area contributed by atoms with Gasteiger partial charge in [0.2, 0.25) is 0 Å². The molecule has 3 aromatic rings. The van der Waals surface area contributed by atoms with Crippen molar-refractivity contribution in [3.63, 3.8) is 0 Å². The first-order valence-electron chi connectivity index (χ1n) is 12.4. The second-order valence-electron chi connectivity index (χ2n) is 8.90. The zero-order valence-corrected chi connectivity index (χ0v) is 21.5. The number of hydrogen-bond donors (Lipinski definition) is 2. The lowest BCUT2D eigenvalue weighted by Crippen LogP contribution is -2.22. The molecule has 0 atom stereocenters. The minimum atomic E-state index is -4.35. The van der Waals surface area contributed by atoms with Crippen LogP contribution in [0, 0.1) is 11.8 Å². The second-order valence-corrected chi connectivity index (χ2v) is 9.78. The number of alkyl halides is 3. The molecule has 0 spiro atoms. The van der Waals surface area contributed by atoms with Crippen molar-refractivity contribution in [3.05, 3.63) is 48.2 Å². The fourth-order valence-corrected chi connectivity index (χ4v) is 5.08. The number of nitrogens with zero attached hydrogens (tertiary/aromatic N) is 1. The van der Waals surface area contributed by atoms with Gasteiger partial charge < -0.3 is 19.9 Å². The number of anilines is 2. The third-order valence-corrected chi connectivity index (χ3v) is 7.05. The van der Waals surface area contributed by atoms with E-state index in [1.807, 2.05) is 43.5 Å². The van der Waals surface area contributed by atoms with E-state index < -0.39 is 12.7 Å². The van der Waals surface area contributed by atoms with Crippen molar-refractivity contribution in [1.29, 1.82) is 0 Å². The molecule has 1 aromatic heterocycles. The Labute approximate surface area is 215 Å². The zero-order valence-electron chi connectivity index (χ0n) is 20.7. The zero-order chi connectivity index (χ0) is 25.5. The molecule has 1 saturated carbocycles. The molecular formula is C28H32F3N3OS. The molecule has 2 aromatic carbocycles. The standard InChI is InChI=1S/C28H32F3N3OS/c1-3-35-27-18-22(36-2)14-15-25(27)32-16-8-11-21-17-23-24(33-20-9-5-4-6-10-20)12-7-13-26(23)34(21)19-28(29,30)31/h7,12-15,17-18,20,32-33H,3-6,9-10,16,19H2,1-2H3. The number of hydrogen-bond acceptors (Lipinski definition) is 4. The summed E-state index contributed by atoms with van der Waals surface area (Å²) in [5.41, 5.74) is 2.57. The molecule has 0 radical (unpaired) electrons. The molecule has 36 heavy (non-hydrogen) atoms. The summed E-state index contributed by atoms with van der Waals surface area (Å²) in [6.45, 7) is 1.66. The highest BCUT2D eigenvalue weighted by atomic mass is 32.2. The van der Waals surface area contributed by atoms with Gasteiger partial charge in [-0.3, -0.25) is 0 Å². The highest BCUT2D eigenvalue weighted by Crippen LogP contribution is 2.32. The molecule has 4 rings (SSSR count). The van der Waals surface area contributed by atoms with E-state index in [4.69, 9.17) is 4.74 Å². The van der Waals surface area contributed by atoms with Crippen LogP contribution in [-0.2, 0) is 6.54 Å². The van der Waals surface area contributed by atoms with Gasteiger partial charge in [0.05, 0.1) is 30.0 Å². The minimum Gasteiger partial charge on any atom is -0.492 e. The Morgan fingerprint density at radius 3 is 2.61 bits per heavy atom. The van der Waals surface area contributed by atoms with E-state index in [1.165, 1.54) is 23.8 Å². The monoisotopic (exact) mass is 515 g/mol. The van der Waals surface area contributed by atoms with Crippen molar-refractivity contribution in [3.8, 4) is 17.6 Å². The maximum atomic E-state index is 13.5. The van der Waals surface area contributed by atoms with E-state index in [1.54, 1.807) is 23.9 Å². The SMILES string of the molecule is CCOc1cc(SC)ccc1NCC#Cc1cc2c(NC3CCCCC3)cccc2n1CC(F)(F)F. The summed E-state index contributed by atoms with van der Waals surface area (Å²) in [5.74, 6) is 6.72. The molecule has 4 nitrogen and oxygen atoms in total. The number of nitrogens with one attached hydrogen (secondary N) is 2. The van der Waals surface area contributed by atoms with Crippen LogP contribution >= 0.6 is 11.8 Å². The van der Waals surface area contributed by atoms with Crippen LogP contribution in [0.2, 0.25) is 0 Å². The number of benzene rings is 2. The van der Waals surface area contributed by atoms with E-state index in [2.05, 4.69) is 22.5 Å². The minimum absolute atomic E-state index is 0.277. The van der Waals surface area contributed by atoms with E-state index >= 15 is 0 Å². The Bertz CT molecular complexity index is 1240. The van der Waals surface area contributed by atoms with Gasteiger partial charge in [-0.1, -0.05) is 31.2 Å². The smallest absolute Gasteiger partial charge is 0.406 e. The fourth-order valence-electron chi connectivity index (χ4n) is 4.66. The highest BCUT2D eigenvalue weighted by Gasteiger charge is 2.30. The van der Waals surface area contributed by atoms with Crippen LogP contribution in [0.25, 0.3) is 10.9 Å². The van der Waals surface area contributed by atoms with Crippen molar-refractivity contribution in [2.24, 2.45) is 0 Å². The van der Waals surface area contributed by atoms with E-state index in [9.17, 15) is 13.2 Å². The Kier molecular flexibility index (Phi) is 8.63. The van der Waals surface area contributed by atoms with Crippen LogP contribution in [-0.4, -0.2) is 36.2 Å². The maximum Gasteiger partial charge on any atom is 0.406 e. The molecule has 0 bridgehead atoms. The number of thioether (sulfide) groups is 1. The summed E-state index contributed by atoms with van der Waals surface area (Å²) in [4.78, 5) is 1.09. The first-order valence-corrected chi connectivity index (χ1v) is 13.6. The Balaban J connectivity index is 1.59. The molecule has 0 amide bonds. The second kappa shape index (κ2) is 11.9. The van der Waals surface area contributed by atoms with Gasteiger partial charge in [0, 0.05) is 22.0 Å². The van der Waals surface area contributed by atoms with E-state index in [0.717, 1.165) is 40.2 Å². The maximum absolute atomic E-state index is 13.5. The van der Waals surface area contributed by atoms with Crippen LogP contribution in [0.5, 0.6) is 5.75 Å². The third-order valence-electron chi connectivity index (χ3n) is 6.32. The van der Waals surface area contributed by atoms with Crippen molar-refractivity contribution in [2.75, 3.05) is 30.0 Å². The molecular weight excluding hydrogens is 483 g/mol. The lowest BCUT2D eigenvalue weighted by atomic mass is 9.95. The third kappa shape index (κ3) is 6.64. The predicted molar refractivity (Wildman–Crippen MR) is 143 cm³/mol. The van der Waals surface area contributed by atoms with Crippen molar-refractivity contribution in [1.82, 2.24) is 4.57 Å². The van der Waals surface area contributed by atoms with Crippen molar-refractivity contribution >= 4 is 34.0 Å². The largest absolute Gasteiger partial charge is 0.492 e. The van der Waals surface area contributed by atoms with Gasteiger partial charge in [-0.15, -0.1) is 11.8 Å².